The summed E-state index contributed by atoms with van der Waals surface area (Å²) in [6.45, 7) is 2.52. The molecule has 1 amide bonds. The van der Waals surface area contributed by atoms with E-state index in [1.807, 2.05) is 31.4 Å². The maximum absolute atomic E-state index is 12.1. The smallest absolute Gasteiger partial charge is 0.235 e. The molecular weight excluding hydrogens is 386 g/mol. The zero-order valence-corrected chi connectivity index (χ0v) is 17.5. The SMILES string of the molecule is COc1ccc([C@@H]2SCC(=O)Nc3c2cnn3C)cc1OCc1ccc(C)cc1. The average molecular weight is 410 g/mol. The van der Waals surface area contributed by atoms with Crippen molar-refractivity contribution in [3.05, 3.63) is 70.9 Å². The summed E-state index contributed by atoms with van der Waals surface area (Å²) in [5.74, 6) is 2.46. The van der Waals surface area contributed by atoms with Crippen molar-refractivity contribution in [2.75, 3.05) is 18.2 Å². The Bertz CT molecular complexity index is 1030. The third-order valence-electron chi connectivity index (χ3n) is 4.89. The van der Waals surface area contributed by atoms with Gasteiger partial charge in [-0.3, -0.25) is 9.48 Å². The average Bonchev–Trinajstić information content (AvgIpc) is 2.98. The van der Waals surface area contributed by atoms with Gasteiger partial charge in [0.1, 0.15) is 12.4 Å². The molecule has 1 aliphatic heterocycles. The van der Waals surface area contributed by atoms with Gasteiger partial charge in [-0.2, -0.15) is 5.10 Å². The van der Waals surface area contributed by atoms with E-state index in [9.17, 15) is 4.79 Å². The van der Waals surface area contributed by atoms with Crippen LogP contribution < -0.4 is 14.8 Å². The first-order valence-electron chi connectivity index (χ1n) is 9.35. The van der Waals surface area contributed by atoms with Gasteiger partial charge in [0.2, 0.25) is 5.91 Å². The molecule has 0 spiro atoms. The summed E-state index contributed by atoms with van der Waals surface area (Å²) in [4.78, 5) is 12.1. The second-order valence-corrected chi connectivity index (χ2v) is 8.09. The Balaban J connectivity index is 1.64. The quantitative estimate of drug-likeness (QED) is 0.688. The number of fused-ring (bicyclic) bond motifs is 1. The number of benzene rings is 2. The maximum atomic E-state index is 12.1. The Morgan fingerprint density at radius 1 is 1.21 bits per heavy atom. The Morgan fingerprint density at radius 2 is 2.00 bits per heavy atom. The molecule has 0 saturated heterocycles. The van der Waals surface area contributed by atoms with Gasteiger partial charge in [0.05, 0.1) is 24.3 Å². The molecule has 0 unspecified atom stereocenters. The molecule has 6 nitrogen and oxygen atoms in total. The zero-order chi connectivity index (χ0) is 20.4. The van der Waals surface area contributed by atoms with Crippen molar-refractivity contribution in [3.8, 4) is 11.5 Å². The van der Waals surface area contributed by atoms with Crippen molar-refractivity contribution in [2.45, 2.75) is 18.8 Å². The molecule has 0 radical (unpaired) electrons. The van der Waals surface area contributed by atoms with Crippen molar-refractivity contribution in [1.29, 1.82) is 0 Å². The van der Waals surface area contributed by atoms with E-state index in [0.29, 0.717) is 23.9 Å². The van der Waals surface area contributed by atoms with Crippen LogP contribution in [0.2, 0.25) is 0 Å². The van der Waals surface area contributed by atoms with Gasteiger partial charge in [-0.1, -0.05) is 35.9 Å². The molecule has 1 aliphatic rings. The van der Waals surface area contributed by atoms with Crippen LogP contribution in [0.25, 0.3) is 0 Å². The van der Waals surface area contributed by atoms with Crippen LogP contribution in [0.3, 0.4) is 0 Å². The lowest BCUT2D eigenvalue weighted by Crippen LogP contribution is -2.15. The fourth-order valence-electron chi connectivity index (χ4n) is 3.31. The number of thioether (sulfide) groups is 1. The fraction of sp³-hybridized carbons (Fsp3) is 0.273. The normalized spacial score (nSPS) is 16.0. The van der Waals surface area contributed by atoms with E-state index in [1.165, 1.54) is 5.56 Å². The largest absolute Gasteiger partial charge is 0.493 e. The number of hydrogen-bond acceptors (Lipinski definition) is 5. The van der Waals surface area contributed by atoms with E-state index in [0.717, 1.165) is 22.5 Å². The number of hydrogen-bond donors (Lipinski definition) is 1. The van der Waals surface area contributed by atoms with Gasteiger partial charge in [0, 0.05) is 12.6 Å². The van der Waals surface area contributed by atoms with E-state index < -0.39 is 0 Å². The first-order valence-corrected chi connectivity index (χ1v) is 10.4. The Hall–Kier alpha value is -2.93. The van der Waals surface area contributed by atoms with Gasteiger partial charge in [-0.25, -0.2) is 0 Å². The van der Waals surface area contributed by atoms with Crippen LogP contribution in [0, 0.1) is 6.92 Å². The minimum Gasteiger partial charge on any atom is -0.493 e. The summed E-state index contributed by atoms with van der Waals surface area (Å²) in [6, 6.07) is 14.2. The number of methoxy groups -OCH3 is 1. The Morgan fingerprint density at radius 3 is 2.76 bits per heavy atom. The lowest BCUT2D eigenvalue weighted by atomic mass is 10.1. The zero-order valence-electron chi connectivity index (χ0n) is 16.6. The van der Waals surface area contributed by atoms with Gasteiger partial charge in [-0.05, 0) is 30.2 Å². The summed E-state index contributed by atoms with van der Waals surface area (Å²) in [6.07, 6.45) is 1.82. The minimum absolute atomic E-state index is 0.0216. The van der Waals surface area contributed by atoms with Crippen molar-refractivity contribution in [2.24, 2.45) is 7.05 Å². The number of carbonyl (C=O) groups is 1. The molecule has 1 aromatic heterocycles. The number of ether oxygens (including phenoxy) is 2. The molecule has 7 heteroatoms. The lowest BCUT2D eigenvalue weighted by molar-refractivity contribution is -0.113. The van der Waals surface area contributed by atoms with Crippen LogP contribution in [-0.4, -0.2) is 28.6 Å². The van der Waals surface area contributed by atoms with Gasteiger partial charge >= 0.3 is 0 Å². The van der Waals surface area contributed by atoms with Crippen LogP contribution >= 0.6 is 11.8 Å². The number of aryl methyl sites for hydroxylation is 2. The highest BCUT2D eigenvalue weighted by atomic mass is 32.2. The minimum atomic E-state index is -0.0229. The van der Waals surface area contributed by atoms with E-state index >= 15 is 0 Å². The highest BCUT2D eigenvalue weighted by molar-refractivity contribution is 8.00. The number of nitrogens with one attached hydrogen (secondary N) is 1. The van der Waals surface area contributed by atoms with E-state index in [2.05, 4.69) is 41.6 Å². The predicted octanol–water partition coefficient (Wildman–Crippen LogP) is 4.09. The summed E-state index contributed by atoms with van der Waals surface area (Å²) >= 11 is 1.58. The van der Waals surface area contributed by atoms with Crippen molar-refractivity contribution >= 4 is 23.5 Å². The predicted molar refractivity (Wildman–Crippen MR) is 115 cm³/mol. The molecular formula is C22H23N3O3S. The Kier molecular flexibility index (Phi) is 5.49. The molecule has 1 atom stereocenters. The van der Waals surface area contributed by atoms with Crippen LogP contribution in [0.15, 0.2) is 48.7 Å². The molecule has 2 aromatic carbocycles. The first-order chi connectivity index (χ1) is 14.0. The van der Waals surface area contributed by atoms with Gasteiger partial charge in [-0.15, -0.1) is 11.8 Å². The second-order valence-electron chi connectivity index (χ2n) is 7.00. The van der Waals surface area contributed by atoms with Crippen LogP contribution in [0.4, 0.5) is 5.82 Å². The number of aromatic nitrogens is 2. The Labute approximate surface area is 174 Å². The third kappa shape index (κ3) is 4.10. The molecule has 0 bridgehead atoms. The fourth-order valence-corrected chi connectivity index (χ4v) is 4.39. The van der Waals surface area contributed by atoms with Gasteiger partial charge < -0.3 is 14.8 Å². The third-order valence-corrected chi connectivity index (χ3v) is 6.18. The van der Waals surface area contributed by atoms with Crippen molar-refractivity contribution in [1.82, 2.24) is 9.78 Å². The molecule has 0 aliphatic carbocycles. The van der Waals surface area contributed by atoms with Crippen LogP contribution in [0.5, 0.6) is 11.5 Å². The van der Waals surface area contributed by atoms with E-state index in [1.54, 1.807) is 23.6 Å². The van der Waals surface area contributed by atoms with E-state index in [4.69, 9.17) is 9.47 Å². The summed E-state index contributed by atoms with van der Waals surface area (Å²) < 4.78 is 13.3. The van der Waals surface area contributed by atoms with Gasteiger partial charge in [0.15, 0.2) is 11.5 Å². The number of anilines is 1. The monoisotopic (exact) mass is 409 g/mol. The highest BCUT2D eigenvalue weighted by Gasteiger charge is 2.27. The molecule has 150 valence electrons. The lowest BCUT2D eigenvalue weighted by Gasteiger charge is -2.17. The number of amides is 1. The number of carbonyl (C=O) groups excluding carboxylic acids is 1. The number of rotatable bonds is 5. The van der Waals surface area contributed by atoms with Gasteiger partial charge in [0.25, 0.3) is 0 Å². The second kappa shape index (κ2) is 8.21. The molecule has 3 aromatic rings. The summed E-state index contributed by atoms with van der Waals surface area (Å²) in [5.41, 5.74) is 4.34. The maximum Gasteiger partial charge on any atom is 0.235 e. The standard InChI is InChI=1S/C22H23N3O3S/c1-14-4-6-15(7-5-14)12-28-19-10-16(8-9-18(19)27-3)21-17-11-23-25(2)22(17)24-20(26)13-29-21/h4-11,21H,12-13H2,1-3H3,(H,24,26)/t21-/m0/s1. The molecule has 0 fully saturated rings. The molecule has 2 heterocycles. The number of nitrogens with zero attached hydrogens (tertiary/aromatic N) is 2. The molecule has 29 heavy (non-hydrogen) atoms. The van der Waals surface area contributed by atoms with E-state index in [-0.39, 0.29) is 11.2 Å². The highest BCUT2D eigenvalue weighted by Crippen LogP contribution is 2.43. The van der Waals surface area contributed by atoms with Crippen LogP contribution in [0.1, 0.15) is 27.5 Å². The van der Waals surface area contributed by atoms with Crippen molar-refractivity contribution < 1.29 is 14.3 Å². The van der Waals surface area contributed by atoms with Crippen molar-refractivity contribution in [3.63, 3.8) is 0 Å². The summed E-state index contributed by atoms with van der Waals surface area (Å²) in [7, 11) is 3.46. The summed E-state index contributed by atoms with van der Waals surface area (Å²) in [5, 5.41) is 7.24. The molecule has 0 saturated carbocycles. The van der Waals surface area contributed by atoms with Crippen LogP contribution in [-0.2, 0) is 18.4 Å². The molecule has 1 N–H and O–H groups in total. The molecule has 4 rings (SSSR count). The topological polar surface area (TPSA) is 65.4 Å². The first kappa shape index (κ1) is 19.4.